The molecule has 0 aliphatic heterocycles. The van der Waals surface area contributed by atoms with Crippen molar-refractivity contribution in [2.45, 2.75) is 0 Å². The van der Waals surface area contributed by atoms with E-state index in [0.717, 1.165) is 0 Å². The lowest BCUT2D eigenvalue weighted by Gasteiger charge is -2.08. The summed E-state index contributed by atoms with van der Waals surface area (Å²) in [7, 11) is 0. The van der Waals surface area contributed by atoms with Gasteiger partial charge in [-0.05, 0) is 60.7 Å². The fourth-order valence-corrected chi connectivity index (χ4v) is 2.54. The Bertz CT molecular complexity index is 1020. The van der Waals surface area contributed by atoms with E-state index in [1.54, 1.807) is 72.8 Å². The Morgan fingerprint density at radius 1 is 0.778 bits per heavy atom. The van der Waals surface area contributed by atoms with Crippen LogP contribution in [0.5, 0.6) is 0 Å². The Hall–Kier alpha value is -3.62. The third-order valence-electron chi connectivity index (χ3n) is 3.80. The highest BCUT2D eigenvalue weighted by molar-refractivity contribution is 6.33. The minimum Gasteiger partial charge on any atom is -0.322 e. The third kappa shape index (κ3) is 4.51. The van der Waals surface area contributed by atoms with Crippen molar-refractivity contribution in [3.05, 3.63) is 94.5 Å². The van der Waals surface area contributed by atoms with Crippen LogP contribution in [0.1, 0.15) is 26.3 Å². The molecule has 3 rings (SSSR count). The van der Waals surface area contributed by atoms with Gasteiger partial charge in [0.2, 0.25) is 0 Å². The molecule has 0 bridgehead atoms. The summed E-state index contributed by atoms with van der Waals surface area (Å²) in [5.74, 6) is -0.625. The predicted octanol–water partition coefficient (Wildman–Crippen LogP) is 4.72. The quantitative estimate of drug-likeness (QED) is 0.692. The fourth-order valence-electron chi connectivity index (χ4n) is 2.36. The van der Waals surface area contributed by atoms with Crippen molar-refractivity contribution in [2.24, 2.45) is 0 Å². The standard InChI is InChI=1S/C21H14ClN3O2/c22-18-3-1-2-4-19(18)25-21(27)16-9-7-15(8-10-16)20(26)24-17-11-5-14(13-23)6-12-17/h1-12H,(H,24,26)(H,25,27). The number of nitrogens with one attached hydrogen (secondary N) is 2. The second-order valence-corrected chi connectivity index (χ2v) is 6.06. The van der Waals surface area contributed by atoms with Crippen LogP contribution in [-0.2, 0) is 0 Å². The summed E-state index contributed by atoms with van der Waals surface area (Å²) in [6, 6.07) is 21.8. The molecule has 0 atom stereocenters. The van der Waals surface area contributed by atoms with Crippen molar-refractivity contribution in [1.82, 2.24) is 0 Å². The van der Waals surface area contributed by atoms with E-state index in [1.165, 1.54) is 0 Å². The minimum absolute atomic E-state index is 0.308. The molecule has 0 radical (unpaired) electrons. The molecule has 0 heterocycles. The molecule has 6 heteroatoms. The Kier molecular flexibility index (Phi) is 5.50. The number of carbonyl (C=O) groups excluding carboxylic acids is 2. The number of para-hydroxylation sites is 1. The first-order valence-electron chi connectivity index (χ1n) is 8.04. The molecule has 0 saturated carbocycles. The molecule has 5 nitrogen and oxygen atoms in total. The van der Waals surface area contributed by atoms with Crippen LogP contribution in [0.4, 0.5) is 11.4 Å². The summed E-state index contributed by atoms with van der Waals surface area (Å²) in [5, 5.41) is 14.7. The number of amides is 2. The van der Waals surface area contributed by atoms with Gasteiger partial charge in [0, 0.05) is 16.8 Å². The Labute approximate surface area is 161 Å². The van der Waals surface area contributed by atoms with Gasteiger partial charge in [0.1, 0.15) is 0 Å². The number of rotatable bonds is 4. The fraction of sp³-hybridized carbons (Fsp3) is 0. The lowest BCUT2D eigenvalue weighted by Crippen LogP contribution is -2.14. The number of carbonyl (C=O) groups is 2. The van der Waals surface area contributed by atoms with E-state index in [2.05, 4.69) is 10.6 Å². The number of hydrogen-bond donors (Lipinski definition) is 2. The lowest BCUT2D eigenvalue weighted by atomic mass is 10.1. The van der Waals surface area contributed by atoms with E-state index in [0.29, 0.717) is 33.1 Å². The molecule has 0 aliphatic carbocycles. The van der Waals surface area contributed by atoms with Crippen LogP contribution in [0.25, 0.3) is 0 Å². The molecular weight excluding hydrogens is 362 g/mol. The van der Waals surface area contributed by atoms with Crippen LogP contribution in [0.3, 0.4) is 0 Å². The van der Waals surface area contributed by atoms with Gasteiger partial charge in [-0.15, -0.1) is 0 Å². The molecule has 2 N–H and O–H groups in total. The van der Waals surface area contributed by atoms with Gasteiger partial charge in [-0.2, -0.15) is 5.26 Å². The molecule has 0 aliphatic rings. The molecular formula is C21H14ClN3O2. The average molecular weight is 376 g/mol. The maximum atomic E-state index is 12.3. The molecule has 2 amide bonds. The maximum absolute atomic E-state index is 12.3. The highest BCUT2D eigenvalue weighted by Gasteiger charge is 2.11. The Morgan fingerprint density at radius 2 is 1.33 bits per heavy atom. The van der Waals surface area contributed by atoms with Gasteiger partial charge >= 0.3 is 0 Å². The molecule has 0 spiro atoms. The van der Waals surface area contributed by atoms with Crippen LogP contribution in [0.2, 0.25) is 5.02 Å². The van der Waals surface area contributed by atoms with Crippen molar-refractivity contribution in [2.75, 3.05) is 10.6 Å². The average Bonchev–Trinajstić information content (AvgIpc) is 2.70. The van der Waals surface area contributed by atoms with Gasteiger partial charge in [-0.25, -0.2) is 0 Å². The monoisotopic (exact) mass is 375 g/mol. The van der Waals surface area contributed by atoms with Gasteiger partial charge in [0.15, 0.2) is 0 Å². The SMILES string of the molecule is N#Cc1ccc(NC(=O)c2ccc(C(=O)Nc3ccccc3Cl)cc2)cc1. The van der Waals surface area contributed by atoms with Crippen molar-refractivity contribution >= 4 is 34.8 Å². The van der Waals surface area contributed by atoms with E-state index in [-0.39, 0.29) is 11.8 Å². The zero-order valence-electron chi connectivity index (χ0n) is 14.1. The lowest BCUT2D eigenvalue weighted by molar-refractivity contribution is 0.101. The number of anilines is 2. The van der Waals surface area contributed by atoms with E-state index >= 15 is 0 Å². The first-order valence-corrected chi connectivity index (χ1v) is 8.42. The van der Waals surface area contributed by atoms with Crippen LogP contribution in [0.15, 0.2) is 72.8 Å². The van der Waals surface area contributed by atoms with Crippen LogP contribution in [0, 0.1) is 11.3 Å². The molecule has 0 fully saturated rings. The molecule has 132 valence electrons. The molecule has 0 unspecified atom stereocenters. The van der Waals surface area contributed by atoms with Gasteiger partial charge in [0.25, 0.3) is 11.8 Å². The van der Waals surface area contributed by atoms with Crippen LogP contribution in [-0.4, -0.2) is 11.8 Å². The largest absolute Gasteiger partial charge is 0.322 e. The zero-order valence-corrected chi connectivity index (χ0v) is 14.8. The van der Waals surface area contributed by atoms with E-state index < -0.39 is 0 Å². The molecule has 3 aromatic carbocycles. The van der Waals surface area contributed by atoms with Gasteiger partial charge < -0.3 is 10.6 Å². The molecule has 3 aromatic rings. The summed E-state index contributed by atoms with van der Waals surface area (Å²) >= 11 is 6.03. The second kappa shape index (κ2) is 8.17. The molecule has 27 heavy (non-hydrogen) atoms. The highest BCUT2D eigenvalue weighted by Crippen LogP contribution is 2.21. The normalized spacial score (nSPS) is 9.93. The first-order chi connectivity index (χ1) is 13.1. The molecule has 0 saturated heterocycles. The Morgan fingerprint density at radius 3 is 1.89 bits per heavy atom. The van der Waals surface area contributed by atoms with Crippen molar-refractivity contribution in [1.29, 1.82) is 5.26 Å². The van der Waals surface area contributed by atoms with E-state index in [1.807, 2.05) is 6.07 Å². The van der Waals surface area contributed by atoms with Crippen molar-refractivity contribution in [3.63, 3.8) is 0 Å². The number of halogens is 1. The van der Waals surface area contributed by atoms with E-state index in [9.17, 15) is 9.59 Å². The second-order valence-electron chi connectivity index (χ2n) is 5.65. The molecule has 0 aromatic heterocycles. The number of nitrogens with zero attached hydrogens (tertiary/aromatic N) is 1. The van der Waals surface area contributed by atoms with Crippen molar-refractivity contribution < 1.29 is 9.59 Å². The third-order valence-corrected chi connectivity index (χ3v) is 4.13. The summed E-state index contributed by atoms with van der Waals surface area (Å²) in [6.45, 7) is 0. The predicted molar refractivity (Wildman–Crippen MR) is 105 cm³/mol. The summed E-state index contributed by atoms with van der Waals surface area (Å²) < 4.78 is 0. The summed E-state index contributed by atoms with van der Waals surface area (Å²) in [4.78, 5) is 24.6. The number of benzene rings is 3. The van der Waals surface area contributed by atoms with E-state index in [4.69, 9.17) is 16.9 Å². The first kappa shape index (κ1) is 18.2. The number of nitriles is 1. The topological polar surface area (TPSA) is 82.0 Å². The van der Waals surface area contributed by atoms with Gasteiger partial charge in [-0.3, -0.25) is 9.59 Å². The summed E-state index contributed by atoms with van der Waals surface area (Å²) in [5.41, 5.74) is 2.44. The Balaban J connectivity index is 1.67. The number of hydrogen-bond acceptors (Lipinski definition) is 3. The summed E-state index contributed by atoms with van der Waals surface area (Å²) in [6.07, 6.45) is 0. The van der Waals surface area contributed by atoms with Crippen molar-refractivity contribution in [3.8, 4) is 6.07 Å². The minimum atomic E-state index is -0.317. The highest BCUT2D eigenvalue weighted by atomic mass is 35.5. The zero-order chi connectivity index (χ0) is 19.2. The van der Waals surface area contributed by atoms with Gasteiger partial charge in [-0.1, -0.05) is 23.7 Å². The smallest absolute Gasteiger partial charge is 0.255 e. The van der Waals surface area contributed by atoms with Gasteiger partial charge in [0.05, 0.1) is 22.3 Å². The maximum Gasteiger partial charge on any atom is 0.255 e. The van der Waals surface area contributed by atoms with Crippen LogP contribution >= 0.6 is 11.6 Å². The van der Waals surface area contributed by atoms with Crippen LogP contribution < -0.4 is 10.6 Å².